The van der Waals surface area contributed by atoms with Crippen LogP contribution in [0.2, 0.25) is 0 Å². The Kier molecular flexibility index (Phi) is 3.81. The van der Waals surface area contributed by atoms with E-state index in [2.05, 4.69) is 46.6 Å². The second-order valence-electron chi connectivity index (χ2n) is 5.46. The highest BCUT2D eigenvalue weighted by Gasteiger charge is 2.23. The summed E-state index contributed by atoms with van der Waals surface area (Å²) in [7, 11) is 0. The number of urea groups is 1. The monoisotopic (exact) mass is 287 g/mol. The van der Waals surface area contributed by atoms with Crippen molar-refractivity contribution in [1.29, 1.82) is 0 Å². The van der Waals surface area contributed by atoms with E-state index in [-0.39, 0.29) is 0 Å². The van der Waals surface area contributed by atoms with Crippen LogP contribution >= 0.6 is 0 Å². The molecule has 6 nitrogen and oxygen atoms in total. The highest BCUT2D eigenvalue weighted by Crippen LogP contribution is 2.28. The molecule has 0 aliphatic carbocycles. The van der Waals surface area contributed by atoms with Gasteiger partial charge in [0.2, 0.25) is 0 Å². The molecule has 21 heavy (non-hydrogen) atoms. The maximum atomic E-state index is 10.9. The topological polar surface area (TPSA) is 77.4 Å². The normalized spacial score (nSPS) is 18.7. The number of carbonyl (C=O) groups excluding carboxylic acids is 1. The van der Waals surface area contributed by atoms with Gasteiger partial charge in [0.25, 0.3) is 0 Å². The summed E-state index contributed by atoms with van der Waals surface area (Å²) in [6.45, 7) is 5.61. The van der Waals surface area contributed by atoms with Gasteiger partial charge in [-0.25, -0.2) is 9.80 Å². The van der Waals surface area contributed by atoms with Crippen LogP contribution in [0, 0.1) is 0 Å². The zero-order valence-corrected chi connectivity index (χ0v) is 12.2. The van der Waals surface area contributed by atoms with Gasteiger partial charge in [0, 0.05) is 49.3 Å². The van der Waals surface area contributed by atoms with Crippen molar-refractivity contribution in [3.05, 3.63) is 36.0 Å². The molecule has 1 aromatic carbocycles. The van der Waals surface area contributed by atoms with Crippen LogP contribution in [-0.4, -0.2) is 47.1 Å². The molecule has 2 heterocycles. The fourth-order valence-corrected chi connectivity index (χ4v) is 3.01. The van der Waals surface area contributed by atoms with Crippen molar-refractivity contribution in [1.82, 2.24) is 20.3 Å². The van der Waals surface area contributed by atoms with Gasteiger partial charge in [-0.05, 0) is 18.6 Å². The van der Waals surface area contributed by atoms with Crippen LogP contribution in [0.3, 0.4) is 0 Å². The first-order chi connectivity index (χ1) is 10.1. The number of rotatable bonds is 3. The van der Waals surface area contributed by atoms with E-state index in [1.807, 2.05) is 11.1 Å². The molecule has 1 aliphatic rings. The predicted molar refractivity (Wildman–Crippen MR) is 82.6 cm³/mol. The van der Waals surface area contributed by atoms with Gasteiger partial charge in [0.1, 0.15) is 0 Å². The molecule has 2 amide bonds. The average Bonchev–Trinajstić information content (AvgIpc) is 2.90. The summed E-state index contributed by atoms with van der Waals surface area (Å²) in [6.07, 6.45) is 2.10. The van der Waals surface area contributed by atoms with E-state index in [1.165, 1.54) is 16.5 Å². The number of amides is 2. The van der Waals surface area contributed by atoms with Gasteiger partial charge in [-0.3, -0.25) is 10.3 Å². The molecule has 1 saturated heterocycles. The van der Waals surface area contributed by atoms with Crippen LogP contribution in [0.15, 0.2) is 30.5 Å². The maximum absolute atomic E-state index is 10.9. The second kappa shape index (κ2) is 5.75. The lowest BCUT2D eigenvalue weighted by Gasteiger charge is -2.37. The zero-order valence-electron chi connectivity index (χ0n) is 12.2. The lowest BCUT2D eigenvalue weighted by molar-refractivity contribution is 0.0778. The van der Waals surface area contributed by atoms with Crippen molar-refractivity contribution >= 4 is 16.9 Å². The van der Waals surface area contributed by atoms with Crippen LogP contribution in [0.1, 0.15) is 18.5 Å². The van der Waals surface area contributed by atoms with E-state index in [0.29, 0.717) is 6.04 Å². The molecule has 6 heteroatoms. The number of fused-ring (bicyclic) bond motifs is 1. The number of nitrogens with two attached hydrogens (primary N) is 1. The molecule has 0 bridgehead atoms. The fourth-order valence-electron chi connectivity index (χ4n) is 3.01. The summed E-state index contributed by atoms with van der Waals surface area (Å²) in [5.74, 6) is 0. The number of aromatic nitrogens is 1. The van der Waals surface area contributed by atoms with Crippen LogP contribution in [0.5, 0.6) is 0 Å². The SMILES string of the molecule is CC(c1c[nH]c2ccccc12)N1CCN(NC(N)=O)CC1. The van der Waals surface area contributed by atoms with Crippen LogP contribution in [-0.2, 0) is 0 Å². The number of aromatic amines is 1. The molecule has 2 aromatic rings. The number of hydrazine groups is 1. The van der Waals surface area contributed by atoms with Gasteiger partial charge in [-0.15, -0.1) is 0 Å². The summed E-state index contributed by atoms with van der Waals surface area (Å²) in [5.41, 5.74) is 10.3. The largest absolute Gasteiger partial charge is 0.361 e. The highest BCUT2D eigenvalue weighted by molar-refractivity contribution is 5.83. The Morgan fingerprint density at radius 1 is 1.29 bits per heavy atom. The summed E-state index contributed by atoms with van der Waals surface area (Å²) in [4.78, 5) is 16.6. The Labute approximate surface area is 123 Å². The zero-order chi connectivity index (χ0) is 14.8. The van der Waals surface area contributed by atoms with Crippen molar-refractivity contribution in [2.24, 2.45) is 5.73 Å². The summed E-state index contributed by atoms with van der Waals surface area (Å²) in [5, 5.41) is 3.16. The Morgan fingerprint density at radius 2 is 2.00 bits per heavy atom. The number of benzene rings is 1. The van der Waals surface area contributed by atoms with Crippen LogP contribution in [0.4, 0.5) is 4.79 Å². The average molecular weight is 287 g/mol. The number of hydrogen-bond donors (Lipinski definition) is 3. The summed E-state index contributed by atoms with van der Waals surface area (Å²) >= 11 is 0. The quantitative estimate of drug-likeness (QED) is 0.799. The lowest BCUT2D eigenvalue weighted by Crippen LogP contribution is -2.55. The van der Waals surface area contributed by atoms with E-state index in [0.717, 1.165) is 26.2 Å². The Morgan fingerprint density at radius 3 is 2.71 bits per heavy atom. The van der Waals surface area contributed by atoms with Gasteiger partial charge in [0.15, 0.2) is 0 Å². The first-order valence-electron chi connectivity index (χ1n) is 7.26. The van der Waals surface area contributed by atoms with E-state index in [1.54, 1.807) is 0 Å². The smallest absolute Gasteiger partial charge is 0.326 e. The van der Waals surface area contributed by atoms with Gasteiger partial charge in [-0.2, -0.15) is 0 Å². The third-order valence-corrected chi connectivity index (χ3v) is 4.20. The predicted octanol–water partition coefficient (Wildman–Crippen LogP) is 1.43. The molecular formula is C15H21N5O. The summed E-state index contributed by atoms with van der Waals surface area (Å²) < 4.78 is 0. The van der Waals surface area contributed by atoms with Crippen molar-refractivity contribution < 1.29 is 4.79 Å². The number of nitrogens with zero attached hydrogens (tertiary/aromatic N) is 2. The number of hydrogen-bond acceptors (Lipinski definition) is 3. The second-order valence-corrected chi connectivity index (χ2v) is 5.46. The molecule has 1 atom stereocenters. The molecule has 0 saturated carbocycles. The van der Waals surface area contributed by atoms with Gasteiger partial charge in [0.05, 0.1) is 0 Å². The molecule has 1 aliphatic heterocycles. The van der Waals surface area contributed by atoms with Crippen molar-refractivity contribution in [2.75, 3.05) is 26.2 Å². The number of nitrogens with one attached hydrogen (secondary N) is 2. The molecule has 1 fully saturated rings. The standard InChI is InChI=1S/C15H21N5O/c1-11(13-10-17-14-5-3-2-4-12(13)14)19-6-8-20(9-7-19)18-15(16)21/h2-5,10-11,17H,6-9H2,1H3,(H3,16,18,21). The Bertz CT molecular complexity index is 630. The Hall–Kier alpha value is -2.05. The minimum atomic E-state index is -0.492. The van der Waals surface area contributed by atoms with Crippen molar-refractivity contribution in [3.63, 3.8) is 0 Å². The van der Waals surface area contributed by atoms with E-state index in [9.17, 15) is 4.79 Å². The van der Waals surface area contributed by atoms with E-state index in [4.69, 9.17) is 5.73 Å². The first-order valence-corrected chi connectivity index (χ1v) is 7.26. The molecule has 112 valence electrons. The maximum Gasteiger partial charge on any atom is 0.326 e. The molecular weight excluding hydrogens is 266 g/mol. The van der Waals surface area contributed by atoms with Gasteiger partial charge < -0.3 is 10.7 Å². The van der Waals surface area contributed by atoms with Crippen LogP contribution in [0.25, 0.3) is 10.9 Å². The summed E-state index contributed by atoms with van der Waals surface area (Å²) in [6, 6.07) is 8.22. The van der Waals surface area contributed by atoms with Crippen molar-refractivity contribution in [3.8, 4) is 0 Å². The van der Waals surface area contributed by atoms with E-state index < -0.39 is 6.03 Å². The first kappa shape index (κ1) is 13.9. The molecule has 0 spiro atoms. The lowest BCUT2D eigenvalue weighted by atomic mass is 10.1. The molecule has 1 unspecified atom stereocenters. The molecule has 1 aromatic heterocycles. The molecule has 4 N–H and O–H groups in total. The number of primary amides is 1. The fraction of sp³-hybridized carbons (Fsp3) is 0.400. The van der Waals surface area contributed by atoms with Gasteiger partial charge in [-0.1, -0.05) is 18.2 Å². The minimum absolute atomic E-state index is 0.344. The van der Waals surface area contributed by atoms with E-state index >= 15 is 0 Å². The molecule has 0 radical (unpaired) electrons. The third-order valence-electron chi connectivity index (χ3n) is 4.20. The van der Waals surface area contributed by atoms with Crippen LogP contribution < -0.4 is 11.2 Å². The van der Waals surface area contributed by atoms with Gasteiger partial charge >= 0.3 is 6.03 Å². The number of piperazine rings is 1. The number of para-hydroxylation sites is 1. The van der Waals surface area contributed by atoms with Crippen molar-refractivity contribution in [2.45, 2.75) is 13.0 Å². The number of H-pyrrole nitrogens is 1. The Balaban J connectivity index is 1.69. The highest BCUT2D eigenvalue weighted by atomic mass is 16.2. The third kappa shape index (κ3) is 2.86. The molecule has 3 rings (SSSR count). The minimum Gasteiger partial charge on any atom is -0.361 e. The number of carbonyl (C=O) groups is 1.